The predicted molar refractivity (Wildman–Crippen MR) is 47.1 cm³/mol. The highest BCUT2D eigenvalue weighted by molar-refractivity contribution is 5.92. The maximum absolute atomic E-state index is 11.2. The Hall–Kier alpha value is -0.830. The van der Waals surface area contributed by atoms with E-state index in [0.717, 1.165) is 25.7 Å². The number of carbonyl (C=O) groups excluding carboxylic acids is 1. The molecular weight excluding hydrogens is 168 g/mol. The van der Waals surface area contributed by atoms with Crippen LogP contribution in [0.2, 0.25) is 0 Å². The first-order valence-corrected chi connectivity index (χ1v) is 4.76. The zero-order chi connectivity index (χ0) is 9.47. The second-order valence-electron chi connectivity index (χ2n) is 3.94. The highest BCUT2D eigenvalue weighted by Crippen LogP contribution is 2.41. The van der Waals surface area contributed by atoms with Crippen LogP contribution in [0.25, 0.3) is 0 Å². The van der Waals surface area contributed by atoms with E-state index < -0.39 is 17.7 Å². The Morgan fingerprint density at radius 2 is 2.00 bits per heavy atom. The van der Waals surface area contributed by atoms with E-state index in [0.29, 0.717) is 0 Å². The van der Waals surface area contributed by atoms with Crippen LogP contribution >= 0.6 is 0 Å². The molecule has 1 aliphatic carbocycles. The lowest BCUT2D eigenvalue weighted by atomic mass is 9.80. The van der Waals surface area contributed by atoms with Crippen LogP contribution in [0.4, 0.5) is 0 Å². The number of aliphatic hydroxyl groups excluding tert-OH is 1. The van der Waals surface area contributed by atoms with E-state index in [1.165, 1.54) is 6.42 Å². The van der Waals surface area contributed by atoms with Gasteiger partial charge < -0.3 is 9.84 Å². The molecule has 1 spiro atoms. The smallest absolute Gasteiger partial charge is 0.336 e. The van der Waals surface area contributed by atoms with Crippen LogP contribution in [0, 0.1) is 0 Å². The van der Waals surface area contributed by atoms with E-state index in [2.05, 4.69) is 6.58 Å². The molecule has 0 amide bonds. The zero-order valence-electron chi connectivity index (χ0n) is 7.58. The summed E-state index contributed by atoms with van der Waals surface area (Å²) in [6.07, 6.45) is 3.99. The van der Waals surface area contributed by atoms with Crippen molar-refractivity contribution < 1.29 is 14.6 Å². The Kier molecular flexibility index (Phi) is 1.91. The molecule has 0 unspecified atom stereocenters. The summed E-state index contributed by atoms with van der Waals surface area (Å²) in [5.41, 5.74) is -0.395. The molecule has 1 atom stereocenters. The quantitative estimate of drug-likeness (QED) is 0.451. The Balaban J connectivity index is 2.23. The number of carbonyl (C=O) groups is 1. The first kappa shape index (κ1) is 8.75. The Morgan fingerprint density at radius 1 is 1.38 bits per heavy atom. The molecule has 1 saturated carbocycles. The standard InChI is InChI=1S/C10H14O3/c1-7-8(11)10(13-9(7)12)5-3-2-4-6-10/h8,11H,1-6H2/t8-/m1/s1. The maximum atomic E-state index is 11.2. The summed E-state index contributed by atoms with van der Waals surface area (Å²) >= 11 is 0. The molecule has 3 nitrogen and oxygen atoms in total. The fourth-order valence-electron chi connectivity index (χ4n) is 2.26. The SMILES string of the molecule is C=C1C(=O)OC2(CCCCC2)[C@@H]1O. The molecular formula is C10H14O3. The molecule has 0 bridgehead atoms. The van der Waals surface area contributed by atoms with Crippen LogP contribution in [0.15, 0.2) is 12.2 Å². The molecule has 1 aliphatic heterocycles. The molecule has 2 fully saturated rings. The van der Waals surface area contributed by atoms with Crippen LogP contribution in [0.5, 0.6) is 0 Å². The highest BCUT2D eigenvalue weighted by atomic mass is 16.6. The molecule has 0 aromatic carbocycles. The van der Waals surface area contributed by atoms with Gasteiger partial charge >= 0.3 is 5.97 Å². The van der Waals surface area contributed by atoms with Gasteiger partial charge in [0, 0.05) is 0 Å². The van der Waals surface area contributed by atoms with E-state index in [1.54, 1.807) is 0 Å². The van der Waals surface area contributed by atoms with E-state index in [1.807, 2.05) is 0 Å². The lowest BCUT2D eigenvalue weighted by Crippen LogP contribution is -2.41. The van der Waals surface area contributed by atoms with Gasteiger partial charge in [0.1, 0.15) is 11.7 Å². The summed E-state index contributed by atoms with van der Waals surface area (Å²) in [5.74, 6) is -0.422. The van der Waals surface area contributed by atoms with Gasteiger partial charge in [-0.3, -0.25) is 0 Å². The molecule has 13 heavy (non-hydrogen) atoms. The van der Waals surface area contributed by atoms with Crippen LogP contribution in [0.3, 0.4) is 0 Å². The molecule has 1 N–H and O–H groups in total. The van der Waals surface area contributed by atoms with Gasteiger partial charge in [0.05, 0.1) is 5.57 Å². The van der Waals surface area contributed by atoms with Gasteiger partial charge in [0.2, 0.25) is 0 Å². The number of aliphatic hydroxyl groups is 1. The highest BCUT2D eigenvalue weighted by Gasteiger charge is 2.51. The van der Waals surface area contributed by atoms with Crippen molar-refractivity contribution in [3.05, 3.63) is 12.2 Å². The number of hydrogen-bond donors (Lipinski definition) is 1. The fourth-order valence-corrected chi connectivity index (χ4v) is 2.26. The minimum Gasteiger partial charge on any atom is -0.453 e. The number of hydrogen-bond acceptors (Lipinski definition) is 3. The summed E-state index contributed by atoms with van der Waals surface area (Å²) < 4.78 is 5.23. The first-order valence-electron chi connectivity index (χ1n) is 4.76. The molecule has 3 heteroatoms. The van der Waals surface area contributed by atoms with Crippen molar-refractivity contribution in [3.63, 3.8) is 0 Å². The summed E-state index contributed by atoms with van der Waals surface area (Å²) in [5, 5.41) is 9.80. The topological polar surface area (TPSA) is 46.5 Å². The van der Waals surface area contributed by atoms with Crippen molar-refractivity contribution in [1.82, 2.24) is 0 Å². The maximum Gasteiger partial charge on any atom is 0.336 e. The monoisotopic (exact) mass is 182 g/mol. The Morgan fingerprint density at radius 3 is 2.46 bits per heavy atom. The normalized spacial score (nSPS) is 32.2. The first-order chi connectivity index (χ1) is 6.16. The zero-order valence-corrected chi connectivity index (χ0v) is 7.58. The predicted octanol–water partition coefficient (Wildman–Crippen LogP) is 1.16. The Bertz CT molecular complexity index is 251. The number of ether oxygens (including phenoxy) is 1. The van der Waals surface area contributed by atoms with Gasteiger partial charge in [-0.2, -0.15) is 0 Å². The van der Waals surface area contributed by atoms with Crippen molar-refractivity contribution in [2.75, 3.05) is 0 Å². The van der Waals surface area contributed by atoms with Crippen molar-refractivity contribution in [3.8, 4) is 0 Å². The van der Waals surface area contributed by atoms with Gasteiger partial charge in [-0.1, -0.05) is 13.0 Å². The average Bonchev–Trinajstić information content (AvgIpc) is 2.33. The molecule has 2 rings (SSSR count). The number of esters is 1. The van der Waals surface area contributed by atoms with E-state index in [4.69, 9.17) is 4.74 Å². The second-order valence-corrected chi connectivity index (χ2v) is 3.94. The number of rotatable bonds is 0. The molecule has 0 aromatic heterocycles. The van der Waals surface area contributed by atoms with Gasteiger partial charge in [0.25, 0.3) is 0 Å². The molecule has 1 saturated heterocycles. The summed E-state index contributed by atoms with van der Waals surface area (Å²) in [6, 6.07) is 0. The van der Waals surface area contributed by atoms with Crippen molar-refractivity contribution in [2.45, 2.75) is 43.8 Å². The third-order valence-corrected chi connectivity index (χ3v) is 3.09. The summed E-state index contributed by atoms with van der Waals surface area (Å²) in [4.78, 5) is 11.2. The van der Waals surface area contributed by atoms with Crippen LogP contribution < -0.4 is 0 Å². The third kappa shape index (κ3) is 1.18. The largest absolute Gasteiger partial charge is 0.453 e. The molecule has 0 aromatic rings. The fraction of sp³-hybridized carbons (Fsp3) is 0.700. The van der Waals surface area contributed by atoms with Crippen molar-refractivity contribution in [1.29, 1.82) is 0 Å². The summed E-state index contributed by atoms with van der Waals surface area (Å²) in [6.45, 7) is 3.54. The van der Waals surface area contributed by atoms with Gasteiger partial charge in [-0.25, -0.2) is 4.79 Å². The van der Waals surface area contributed by atoms with Crippen LogP contribution in [-0.4, -0.2) is 22.8 Å². The third-order valence-electron chi connectivity index (χ3n) is 3.09. The van der Waals surface area contributed by atoms with E-state index in [-0.39, 0.29) is 5.57 Å². The molecule has 0 radical (unpaired) electrons. The van der Waals surface area contributed by atoms with Gasteiger partial charge in [-0.05, 0) is 25.7 Å². The molecule has 1 heterocycles. The van der Waals surface area contributed by atoms with E-state index in [9.17, 15) is 9.90 Å². The van der Waals surface area contributed by atoms with Crippen molar-refractivity contribution in [2.24, 2.45) is 0 Å². The summed E-state index contributed by atoms with van der Waals surface area (Å²) in [7, 11) is 0. The van der Waals surface area contributed by atoms with Gasteiger partial charge in [0.15, 0.2) is 0 Å². The van der Waals surface area contributed by atoms with E-state index >= 15 is 0 Å². The molecule has 72 valence electrons. The van der Waals surface area contributed by atoms with Crippen molar-refractivity contribution >= 4 is 5.97 Å². The van der Waals surface area contributed by atoms with Crippen LogP contribution in [0.1, 0.15) is 32.1 Å². The minimum absolute atomic E-state index is 0.224. The lowest BCUT2D eigenvalue weighted by Gasteiger charge is -2.33. The second kappa shape index (κ2) is 2.84. The lowest BCUT2D eigenvalue weighted by molar-refractivity contribution is -0.153. The average molecular weight is 182 g/mol. The van der Waals surface area contributed by atoms with Gasteiger partial charge in [-0.15, -0.1) is 0 Å². The van der Waals surface area contributed by atoms with Crippen LogP contribution in [-0.2, 0) is 9.53 Å². The molecule has 2 aliphatic rings. The minimum atomic E-state index is -0.778. The Labute approximate surface area is 77.4 Å².